The molecule has 0 aliphatic heterocycles. The minimum Gasteiger partial charge on any atom is -0.456 e. The van der Waals surface area contributed by atoms with E-state index in [0.29, 0.717) is 27.6 Å². The first kappa shape index (κ1) is 17.5. The molecule has 0 saturated heterocycles. The maximum Gasteiger partial charge on any atom is 0.416 e. The first-order chi connectivity index (χ1) is 13.5. The number of ether oxygens (including phenoxy) is 1. The molecule has 0 radical (unpaired) electrons. The number of nitriles is 1. The van der Waals surface area contributed by atoms with Gasteiger partial charge in [0.2, 0.25) is 0 Å². The number of halogens is 3. The van der Waals surface area contributed by atoms with Gasteiger partial charge in [0.05, 0.1) is 34.4 Å². The van der Waals surface area contributed by atoms with Crippen LogP contribution in [0, 0.1) is 11.3 Å². The molecule has 2 aromatic carbocycles. The summed E-state index contributed by atoms with van der Waals surface area (Å²) in [6.45, 7) is 0. The summed E-state index contributed by atoms with van der Waals surface area (Å²) in [5, 5.41) is 17.3. The average Bonchev–Trinajstić information content (AvgIpc) is 3.12. The monoisotopic (exact) mass is 380 g/mol. The summed E-state index contributed by atoms with van der Waals surface area (Å²) in [4.78, 5) is 2.95. The fourth-order valence-electron chi connectivity index (χ4n) is 2.91. The van der Waals surface area contributed by atoms with E-state index < -0.39 is 11.7 Å². The number of alkyl halides is 3. The molecular formula is C20H11F3N4O. The maximum absolute atomic E-state index is 13.2. The van der Waals surface area contributed by atoms with Crippen LogP contribution in [0.3, 0.4) is 0 Å². The Morgan fingerprint density at radius 3 is 2.61 bits per heavy atom. The molecule has 8 heteroatoms. The first-order valence-electron chi connectivity index (χ1n) is 8.14. The van der Waals surface area contributed by atoms with Gasteiger partial charge in [0.1, 0.15) is 17.6 Å². The van der Waals surface area contributed by atoms with E-state index in [0.717, 1.165) is 12.1 Å². The maximum atomic E-state index is 13.2. The van der Waals surface area contributed by atoms with E-state index >= 15 is 0 Å². The fourth-order valence-corrected chi connectivity index (χ4v) is 2.91. The molecule has 4 aromatic rings. The van der Waals surface area contributed by atoms with Crippen LogP contribution in [0.1, 0.15) is 11.1 Å². The van der Waals surface area contributed by atoms with E-state index in [9.17, 15) is 18.4 Å². The van der Waals surface area contributed by atoms with Crippen molar-refractivity contribution in [2.24, 2.45) is 0 Å². The number of hydrogen-bond acceptors (Lipinski definition) is 4. The number of benzene rings is 2. The summed E-state index contributed by atoms with van der Waals surface area (Å²) < 4.78 is 45.6. The van der Waals surface area contributed by atoms with E-state index in [4.69, 9.17) is 4.74 Å². The highest BCUT2D eigenvalue weighted by molar-refractivity contribution is 5.91. The van der Waals surface area contributed by atoms with Gasteiger partial charge in [-0.15, -0.1) is 0 Å². The van der Waals surface area contributed by atoms with Gasteiger partial charge in [-0.25, -0.2) is 0 Å². The SMILES string of the molecule is N#Cc1c[nH]c2cccc(Oc3cc(C(F)(F)F)ccc3-c3ccnnc3)c12. The molecule has 2 heterocycles. The van der Waals surface area contributed by atoms with E-state index in [-0.39, 0.29) is 11.5 Å². The zero-order valence-electron chi connectivity index (χ0n) is 14.2. The lowest BCUT2D eigenvalue weighted by molar-refractivity contribution is -0.137. The van der Waals surface area contributed by atoms with E-state index in [2.05, 4.69) is 15.2 Å². The zero-order chi connectivity index (χ0) is 19.7. The van der Waals surface area contributed by atoms with Crippen LogP contribution in [0.25, 0.3) is 22.0 Å². The van der Waals surface area contributed by atoms with Gasteiger partial charge in [-0.3, -0.25) is 0 Å². The van der Waals surface area contributed by atoms with Crippen LogP contribution >= 0.6 is 0 Å². The molecule has 28 heavy (non-hydrogen) atoms. The van der Waals surface area contributed by atoms with Gasteiger partial charge in [-0.1, -0.05) is 6.07 Å². The Morgan fingerprint density at radius 2 is 1.89 bits per heavy atom. The molecule has 5 nitrogen and oxygen atoms in total. The van der Waals surface area contributed by atoms with Crippen LogP contribution < -0.4 is 4.74 Å². The quantitative estimate of drug-likeness (QED) is 0.523. The molecule has 0 saturated carbocycles. The van der Waals surface area contributed by atoms with Crippen LogP contribution in [-0.2, 0) is 6.18 Å². The van der Waals surface area contributed by atoms with Crippen molar-refractivity contribution in [3.8, 4) is 28.7 Å². The molecule has 0 spiro atoms. The lowest BCUT2D eigenvalue weighted by atomic mass is 10.0. The zero-order valence-corrected chi connectivity index (χ0v) is 14.2. The van der Waals surface area contributed by atoms with E-state index in [1.54, 1.807) is 24.3 Å². The number of fused-ring (bicyclic) bond motifs is 1. The molecule has 2 aromatic heterocycles. The third-order valence-electron chi connectivity index (χ3n) is 4.21. The Balaban J connectivity index is 1.89. The molecule has 4 rings (SSSR count). The van der Waals surface area contributed by atoms with Crippen LogP contribution in [0.15, 0.2) is 61.1 Å². The van der Waals surface area contributed by atoms with Gasteiger partial charge < -0.3 is 9.72 Å². The lowest BCUT2D eigenvalue weighted by Gasteiger charge is -2.15. The first-order valence-corrected chi connectivity index (χ1v) is 8.14. The molecule has 0 fully saturated rings. The Morgan fingerprint density at radius 1 is 1.04 bits per heavy atom. The largest absolute Gasteiger partial charge is 0.456 e. The highest BCUT2D eigenvalue weighted by atomic mass is 19.4. The molecule has 138 valence electrons. The number of aromatic amines is 1. The van der Waals surface area contributed by atoms with Crippen LogP contribution in [-0.4, -0.2) is 15.2 Å². The second-order valence-electron chi connectivity index (χ2n) is 5.93. The number of hydrogen-bond donors (Lipinski definition) is 1. The molecule has 0 unspecified atom stereocenters. The standard InChI is InChI=1S/C20H11F3N4O/c21-20(22,23)14-4-5-15(12-6-7-26-27-11-12)18(8-14)28-17-3-1-2-16-19(17)13(9-24)10-25-16/h1-8,10-11,25H. The van der Waals surface area contributed by atoms with Crippen molar-refractivity contribution in [1.29, 1.82) is 5.26 Å². The van der Waals surface area contributed by atoms with Crippen LogP contribution in [0.2, 0.25) is 0 Å². The van der Waals surface area contributed by atoms with Crippen molar-refractivity contribution in [3.63, 3.8) is 0 Å². The summed E-state index contributed by atoms with van der Waals surface area (Å²) in [5.41, 5.74) is 1.13. The normalized spacial score (nSPS) is 11.4. The summed E-state index contributed by atoms with van der Waals surface area (Å²) in [6, 6.07) is 12.0. The van der Waals surface area contributed by atoms with Crippen molar-refractivity contribution < 1.29 is 17.9 Å². The number of rotatable bonds is 3. The summed E-state index contributed by atoms with van der Waals surface area (Å²) in [5.74, 6) is 0.276. The number of H-pyrrole nitrogens is 1. The topological polar surface area (TPSA) is 74.6 Å². The fraction of sp³-hybridized carbons (Fsp3) is 0.0500. The van der Waals surface area contributed by atoms with Crippen molar-refractivity contribution >= 4 is 10.9 Å². The van der Waals surface area contributed by atoms with Gasteiger partial charge in [0.25, 0.3) is 0 Å². The van der Waals surface area contributed by atoms with Crippen molar-refractivity contribution in [2.45, 2.75) is 6.18 Å². The lowest BCUT2D eigenvalue weighted by Crippen LogP contribution is -2.05. The van der Waals surface area contributed by atoms with E-state index in [1.807, 2.05) is 6.07 Å². The molecule has 0 amide bonds. The Labute approximate surface area is 157 Å². The van der Waals surface area contributed by atoms with Crippen molar-refractivity contribution in [1.82, 2.24) is 15.2 Å². The molecule has 0 aliphatic rings. The van der Waals surface area contributed by atoms with Gasteiger partial charge in [-0.05, 0) is 36.4 Å². The highest BCUT2D eigenvalue weighted by Crippen LogP contribution is 2.40. The van der Waals surface area contributed by atoms with Crippen molar-refractivity contribution in [3.05, 3.63) is 72.2 Å². The van der Waals surface area contributed by atoms with E-state index in [1.165, 1.54) is 24.7 Å². The predicted molar refractivity (Wildman–Crippen MR) is 95.6 cm³/mol. The van der Waals surface area contributed by atoms with Gasteiger partial charge in [-0.2, -0.15) is 28.6 Å². The Bertz CT molecular complexity index is 1190. The third kappa shape index (κ3) is 3.14. The van der Waals surface area contributed by atoms with Gasteiger partial charge >= 0.3 is 6.18 Å². The molecule has 1 N–H and O–H groups in total. The molecule has 0 bridgehead atoms. The molecule has 0 atom stereocenters. The number of nitrogens with one attached hydrogen (secondary N) is 1. The summed E-state index contributed by atoms with van der Waals surface area (Å²) in [6.07, 6.45) is -0.118. The highest BCUT2D eigenvalue weighted by Gasteiger charge is 2.31. The number of nitrogens with zero attached hydrogens (tertiary/aromatic N) is 3. The molecule has 0 aliphatic carbocycles. The van der Waals surface area contributed by atoms with Crippen LogP contribution in [0.5, 0.6) is 11.5 Å². The minimum absolute atomic E-state index is 0.000384. The summed E-state index contributed by atoms with van der Waals surface area (Å²) >= 11 is 0. The van der Waals surface area contributed by atoms with Gasteiger partial charge in [0.15, 0.2) is 0 Å². The van der Waals surface area contributed by atoms with Crippen LogP contribution in [0.4, 0.5) is 13.2 Å². The number of aromatic nitrogens is 3. The second kappa shape index (κ2) is 6.70. The third-order valence-corrected chi connectivity index (χ3v) is 4.21. The summed E-state index contributed by atoms with van der Waals surface area (Å²) in [7, 11) is 0. The Kier molecular flexibility index (Phi) is 4.20. The smallest absolute Gasteiger partial charge is 0.416 e. The minimum atomic E-state index is -4.52. The Hall–Kier alpha value is -3.86. The predicted octanol–water partition coefficient (Wildman–Crippen LogP) is 5.31. The van der Waals surface area contributed by atoms with Crippen molar-refractivity contribution in [2.75, 3.05) is 0 Å². The second-order valence-corrected chi connectivity index (χ2v) is 5.93. The average molecular weight is 380 g/mol. The molecular weight excluding hydrogens is 369 g/mol. The van der Waals surface area contributed by atoms with Gasteiger partial charge in [0, 0.05) is 17.3 Å².